The van der Waals surface area contributed by atoms with Crippen LogP contribution in [-0.2, 0) is 6.42 Å². The summed E-state index contributed by atoms with van der Waals surface area (Å²) in [5, 5.41) is 3.33. The minimum atomic E-state index is -0.523. The summed E-state index contributed by atoms with van der Waals surface area (Å²) in [7, 11) is 0. The van der Waals surface area contributed by atoms with Crippen molar-refractivity contribution >= 4 is 5.69 Å². The lowest BCUT2D eigenvalue weighted by Crippen LogP contribution is -2.18. The molecule has 0 saturated heterocycles. The van der Waals surface area contributed by atoms with Gasteiger partial charge in [0.15, 0.2) is 0 Å². The van der Waals surface area contributed by atoms with Crippen molar-refractivity contribution in [3.8, 4) is 0 Å². The third-order valence-corrected chi connectivity index (χ3v) is 3.34. The number of rotatable bonds is 1. The van der Waals surface area contributed by atoms with Gasteiger partial charge in [0.05, 0.1) is 6.04 Å². The third-order valence-electron chi connectivity index (χ3n) is 3.34. The molecular formula is C15H13F2N. The van der Waals surface area contributed by atoms with Gasteiger partial charge in [-0.2, -0.15) is 0 Å². The molecule has 0 saturated carbocycles. The van der Waals surface area contributed by atoms with Crippen LogP contribution in [0.25, 0.3) is 0 Å². The molecule has 3 rings (SSSR count). The molecule has 1 N–H and O–H groups in total. The maximum absolute atomic E-state index is 13.2. The van der Waals surface area contributed by atoms with Crippen molar-refractivity contribution in [1.82, 2.24) is 0 Å². The summed E-state index contributed by atoms with van der Waals surface area (Å²) in [4.78, 5) is 0. The molecule has 1 unspecified atom stereocenters. The standard InChI is InChI=1S/C15H13F2N/c16-12-7-11(8-13(17)9-12)15-6-5-10-3-1-2-4-14(10)18-15/h1-4,7-9,15,18H,5-6H2. The lowest BCUT2D eigenvalue weighted by molar-refractivity contribution is 0.570. The molecule has 18 heavy (non-hydrogen) atoms. The topological polar surface area (TPSA) is 12.0 Å². The quantitative estimate of drug-likeness (QED) is 0.798. The van der Waals surface area contributed by atoms with Crippen LogP contribution in [0.3, 0.4) is 0 Å². The monoisotopic (exact) mass is 245 g/mol. The van der Waals surface area contributed by atoms with Crippen LogP contribution in [0.2, 0.25) is 0 Å². The van der Waals surface area contributed by atoms with E-state index in [0.29, 0.717) is 5.56 Å². The molecule has 3 heteroatoms. The van der Waals surface area contributed by atoms with Crippen molar-refractivity contribution in [2.24, 2.45) is 0 Å². The molecule has 2 aromatic rings. The molecule has 0 bridgehead atoms. The third kappa shape index (κ3) is 2.08. The molecule has 1 atom stereocenters. The van der Waals surface area contributed by atoms with E-state index in [9.17, 15) is 8.78 Å². The Morgan fingerprint density at radius 1 is 1.00 bits per heavy atom. The first-order valence-electron chi connectivity index (χ1n) is 6.03. The maximum Gasteiger partial charge on any atom is 0.126 e. The zero-order valence-corrected chi connectivity index (χ0v) is 9.79. The second-order valence-corrected chi connectivity index (χ2v) is 4.60. The fourth-order valence-corrected chi connectivity index (χ4v) is 2.47. The lowest BCUT2D eigenvalue weighted by atomic mass is 9.93. The van der Waals surface area contributed by atoms with Gasteiger partial charge in [-0.15, -0.1) is 0 Å². The van der Waals surface area contributed by atoms with Crippen molar-refractivity contribution in [2.75, 3.05) is 5.32 Å². The molecule has 0 aromatic heterocycles. The zero-order valence-electron chi connectivity index (χ0n) is 9.79. The van der Waals surface area contributed by atoms with Gasteiger partial charge in [-0.3, -0.25) is 0 Å². The minimum Gasteiger partial charge on any atom is -0.378 e. The fourth-order valence-electron chi connectivity index (χ4n) is 2.47. The average Bonchev–Trinajstić information content (AvgIpc) is 2.37. The second kappa shape index (κ2) is 4.41. The number of hydrogen-bond donors (Lipinski definition) is 1. The normalized spacial score (nSPS) is 18.0. The molecule has 1 heterocycles. The summed E-state index contributed by atoms with van der Waals surface area (Å²) in [5.41, 5.74) is 2.98. The number of para-hydroxylation sites is 1. The second-order valence-electron chi connectivity index (χ2n) is 4.60. The first-order chi connectivity index (χ1) is 8.72. The number of aryl methyl sites for hydroxylation is 1. The van der Waals surface area contributed by atoms with Gasteiger partial charge in [0.25, 0.3) is 0 Å². The van der Waals surface area contributed by atoms with Gasteiger partial charge in [-0.1, -0.05) is 18.2 Å². The predicted molar refractivity (Wildman–Crippen MR) is 67.5 cm³/mol. The van der Waals surface area contributed by atoms with Crippen molar-refractivity contribution < 1.29 is 8.78 Å². The molecule has 0 spiro atoms. The molecule has 1 aliphatic rings. The summed E-state index contributed by atoms with van der Waals surface area (Å²) < 4.78 is 26.4. The Morgan fingerprint density at radius 3 is 2.50 bits per heavy atom. The highest BCUT2D eigenvalue weighted by Gasteiger charge is 2.19. The van der Waals surface area contributed by atoms with Gasteiger partial charge in [0, 0.05) is 11.8 Å². The highest BCUT2D eigenvalue weighted by molar-refractivity contribution is 5.54. The Morgan fingerprint density at radius 2 is 1.72 bits per heavy atom. The molecule has 0 fully saturated rings. The molecule has 1 aliphatic heterocycles. The van der Waals surface area contributed by atoms with Crippen LogP contribution in [0.4, 0.5) is 14.5 Å². The molecule has 0 amide bonds. The van der Waals surface area contributed by atoms with E-state index in [0.717, 1.165) is 24.6 Å². The van der Waals surface area contributed by atoms with Gasteiger partial charge in [0.2, 0.25) is 0 Å². The number of nitrogens with one attached hydrogen (secondary N) is 1. The summed E-state index contributed by atoms with van der Waals surface area (Å²) in [6.07, 6.45) is 1.77. The first-order valence-corrected chi connectivity index (χ1v) is 6.03. The number of anilines is 1. The Bertz CT molecular complexity index is 560. The number of hydrogen-bond acceptors (Lipinski definition) is 1. The molecule has 0 aliphatic carbocycles. The van der Waals surface area contributed by atoms with E-state index in [1.54, 1.807) is 0 Å². The first kappa shape index (κ1) is 11.2. The Hall–Kier alpha value is -1.90. The van der Waals surface area contributed by atoms with E-state index in [2.05, 4.69) is 11.4 Å². The number of benzene rings is 2. The van der Waals surface area contributed by atoms with Crippen molar-refractivity contribution in [1.29, 1.82) is 0 Å². The predicted octanol–water partition coefficient (Wildman–Crippen LogP) is 4.06. The summed E-state index contributed by atoms with van der Waals surface area (Å²) in [6.45, 7) is 0. The van der Waals surface area contributed by atoms with Crippen molar-refractivity contribution in [3.05, 3.63) is 65.2 Å². The molecule has 92 valence electrons. The maximum atomic E-state index is 13.2. The van der Waals surface area contributed by atoms with Crippen LogP contribution in [-0.4, -0.2) is 0 Å². The van der Waals surface area contributed by atoms with E-state index in [1.165, 1.54) is 17.7 Å². The summed E-state index contributed by atoms with van der Waals surface area (Å²) in [6, 6.07) is 11.7. The van der Waals surface area contributed by atoms with Crippen molar-refractivity contribution in [2.45, 2.75) is 18.9 Å². The Balaban J connectivity index is 1.91. The zero-order chi connectivity index (χ0) is 12.5. The van der Waals surface area contributed by atoms with Crippen LogP contribution in [0.1, 0.15) is 23.6 Å². The minimum absolute atomic E-state index is 0.0231. The largest absolute Gasteiger partial charge is 0.378 e. The molecule has 2 aromatic carbocycles. The average molecular weight is 245 g/mol. The fraction of sp³-hybridized carbons (Fsp3) is 0.200. The number of fused-ring (bicyclic) bond motifs is 1. The van der Waals surface area contributed by atoms with E-state index < -0.39 is 11.6 Å². The van der Waals surface area contributed by atoms with Crippen LogP contribution in [0, 0.1) is 11.6 Å². The summed E-state index contributed by atoms with van der Waals surface area (Å²) in [5.74, 6) is -1.05. The van der Waals surface area contributed by atoms with E-state index in [1.807, 2.05) is 18.2 Å². The highest BCUT2D eigenvalue weighted by Crippen LogP contribution is 2.32. The molecule has 0 radical (unpaired) electrons. The van der Waals surface area contributed by atoms with E-state index in [4.69, 9.17) is 0 Å². The highest BCUT2D eigenvalue weighted by atomic mass is 19.1. The van der Waals surface area contributed by atoms with Crippen LogP contribution in [0.5, 0.6) is 0 Å². The van der Waals surface area contributed by atoms with Crippen LogP contribution in [0.15, 0.2) is 42.5 Å². The van der Waals surface area contributed by atoms with E-state index in [-0.39, 0.29) is 6.04 Å². The Kier molecular flexibility index (Phi) is 2.74. The van der Waals surface area contributed by atoms with Crippen LogP contribution < -0.4 is 5.32 Å². The molecular weight excluding hydrogens is 232 g/mol. The van der Waals surface area contributed by atoms with Crippen LogP contribution >= 0.6 is 0 Å². The van der Waals surface area contributed by atoms with Gasteiger partial charge in [0.1, 0.15) is 11.6 Å². The SMILES string of the molecule is Fc1cc(F)cc(C2CCc3ccccc3N2)c1. The Labute approximate surface area is 104 Å². The molecule has 1 nitrogen and oxygen atoms in total. The smallest absolute Gasteiger partial charge is 0.126 e. The number of halogens is 2. The van der Waals surface area contributed by atoms with Crippen molar-refractivity contribution in [3.63, 3.8) is 0 Å². The van der Waals surface area contributed by atoms with Gasteiger partial charge >= 0.3 is 0 Å². The summed E-state index contributed by atoms with van der Waals surface area (Å²) >= 11 is 0. The lowest BCUT2D eigenvalue weighted by Gasteiger charge is -2.27. The van der Waals surface area contributed by atoms with Gasteiger partial charge in [-0.05, 0) is 42.2 Å². The van der Waals surface area contributed by atoms with Gasteiger partial charge in [-0.25, -0.2) is 8.78 Å². The van der Waals surface area contributed by atoms with E-state index >= 15 is 0 Å². The van der Waals surface area contributed by atoms with Gasteiger partial charge < -0.3 is 5.32 Å².